The minimum absolute atomic E-state index is 0.0280. The van der Waals surface area contributed by atoms with Crippen molar-refractivity contribution in [1.82, 2.24) is 10.3 Å². The molecule has 0 saturated carbocycles. The van der Waals surface area contributed by atoms with Gasteiger partial charge in [0.25, 0.3) is 12.1 Å². The first-order valence-corrected chi connectivity index (χ1v) is 8.00. The van der Waals surface area contributed by atoms with Gasteiger partial charge in [0.15, 0.2) is 3.55 Å². The molecule has 2 N–H and O–H groups in total. The topological polar surface area (TPSA) is 105 Å². The second-order valence-corrected chi connectivity index (χ2v) is 6.91. The molecule has 25 heavy (non-hydrogen) atoms. The molecule has 1 heterocycles. The van der Waals surface area contributed by atoms with Crippen LogP contribution in [0.1, 0.15) is 5.56 Å². The van der Waals surface area contributed by atoms with Gasteiger partial charge in [-0.3, -0.25) is 15.4 Å². The molecule has 11 heteroatoms. The third-order valence-electron chi connectivity index (χ3n) is 3.21. The van der Waals surface area contributed by atoms with Crippen LogP contribution in [0.4, 0.5) is 19.3 Å². The number of carbonyl (C=O) groups is 1. The highest BCUT2D eigenvalue weighted by atomic mass is 127. The van der Waals surface area contributed by atoms with E-state index in [4.69, 9.17) is 16.7 Å². The molecule has 0 radical (unpaired) electrons. The van der Waals surface area contributed by atoms with Gasteiger partial charge in [-0.05, 0) is 28.2 Å². The summed E-state index contributed by atoms with van der Waals surface area (Å²) in [7, 11) is 0. The van der Waals surface area contributed by atoms with Crippen LogP contribution in [0.3, 0.4) is 0 Å². The van der Waals surface area contributed by atoms with Gasteiger partial charge in [0.05, 0.1) is 15.6 Å². The highest BCUT2D eigenvalue weighted by molar-refractivity contribution is 14.1. The van der Waals surface area contributed by atoms with Crippen LogP contribution < -0.4 is 5.32 Å². The zero-order chi connectivity index (χ0) is 18.8. The predicted octanol–water partition coefficient (Wildman–Crippen LogP) is 4.43. The van der Waals surface area contributed by atoms with Gasteiger partial charge in [-0.25, -0.2) is 18.6 Å². The van der Waals surface area contributed by atoms with Crippen LogP contribution in [0, 0.1) is 10.1 Å². The van der Waals surface area contributed by atoms with Crippen LogP contribution in [-0.2, 0) is 3.55 Å². The molecule has 1 amide bonds. The molecule has 0 aliphatic rings. The summed E-state index contributed by atoms with van der Waals surface area (Å²) in [5.41, 5.74) is 0.431. The van der Waals surface area contributed by atoms with Crippen molar-refractivity contribution in [1.29, 1.82) is 0 Å². The summed E-state index contributed by atoms with van der Waals surface area (Å²) >= 11 is 7.31. The first kappa shape index (κ1) is 19.2. The minimum atomic E-state index is -2.99. The fourth-order valence-corrected chi connectivity index (χ4v) is 2.88. The maximum absolute atomic E-state index is 13.3. The van der Waals surface area contributed by atoms with Crippen molar-refractivity contribution in [3.63, 3.8) is 0 Å². The van der Waals surface area contributed by atoms with E-state index in [2.05, 4.69) is 4.98 Å². The van der Waals surface area contributed by atoms with Crippen LogP contribution in [0.5, 0.6) is 0 Å². The third kappa shape index (κ3) is 4.12. The molecule has 0 aliphatic carbocycles. The molecule has 2 aromatic rings. The van der Waals surface area contributed by atoms with E-state index in [-0.39, 0.29) is 22.0 Å². The van der Waals surface area contributed by atoms with Crippen LogP contribution in [0.25, 0.3) is 11.3 Å². The average Bonchev–Trinajstić information content (AvgIpc) is 2.54. The molecule has 0 spiro atoms. The molecule has 0 fully saturated rings. The zero-order valence-electron chi connectivity index (χ0n) is 12.1. The first-order chi connectivity index (χ1) is 11.6. The molecule has 0 bridgehead atoms. The monoisotopic (exact) mass is 483 g/mol. The molecule has 0 saturated heterocycles. The Kier molecular flexibility index (Phi) is 5.72. The smallest absolute Gasteiger partial charge is 0.406 e. The fraction of sp³-hybridized carbons (Fsp3) is 0.143. The molecule has 132 valence electrons. The highest BCUT2D eigenvalue weighted by Gasteiger charge is 2.40. The van der Waals surface area contributed by atoms with Crippen molar-refractivity contribution in [2.24, 2.45) is 0 Å². The van der Waals surface area contributed by atoms with E-state index < -0.39 is 21.0 Å². The van der Waals surface area contributed by atoms with E-state index in [9.17, 15) is 23.7 Å². The SMILES string of the molecule is O=C(O)NC(I)(c1ccc(-c2ncc([N+](=O)[O-])cc2Cl)cc1)C(F)F. The summed E-state index contributed by atoms with van der Waals surface area (Å²) in [4.78, 5) is 24.7. The maximum Gasteiger partial charge on any atom is 0.406 e. The van der Waals surface area contributed by atoms with Crippen LogP contribution in [-0.4, -0.2) is 27.5 Å². The Morgan fingerprint density at radius 1 is 1.40 bits per heavy atom. The quantitative estimate of drug-likeness (QED) is 0.215. The molecule has 1 atom stereocenters. The number of hydrogen-bond acceptors (Lipinski definition) is 4. The maximum atomic E-state index is 13.3. The number of amides is 1. The number of alkyl halides is 3. The van der Waals surface area contributed by atoms with Crippen molar-refractivity contribution in [3.8, 4) is 11.3 Å². The van der Waals surface area contributed by atoms with Gasteiger partial charge in [0.1, 0.15) is 6.20 Å². The number of nitrogens with zero attached hydrogens (tertiary/aromatic N) is 2. The van der Waals surface area contributed by atoms with Crippen LogP contribution in [0.2, 0.25) is 5.02 Å². The van der Waals surface area contributed by atoms with Crippen molar-refractivity contribution in [2.75, 3.05) is 0 Å². The Bertz CT molecular complexity index is 822. The molecular weight excluding hydrogens is 475 g/mol. The van der Waals surface area contributed by atoms with E-state index in [1.807, 2.05) is 0 Å². The standard InChI is InChI=1S/C14H9ClF2IN3O4/c15-10-5-9(21(24)25)6-19-11(10)7-1-3-8(4-2-7)14(18,12(16)17)20-13(22)23/h1-6,12,20H,(H,22,23). The molecule has 1 unspecified atom stereocenters. The fourth-order valence-electron chi connectivity index (χ4n) is 2.02. The number of benzene rings is 1. The van der Waals surface area contributed by atoms with Crippen molar-refractivity contribution in [2.45, 2.75) is 9.97 Å². The molecule has 0 aliphatic heterocycles. The summed E-state index contributed by atoms with van der Waals surface area (Å²) < 4.78 is 24.5. The summed E-state index contributed by atoms with van der Waals surface area (Å²) in [5, 5.41) is 21.3. The number of pyridine rings is 1. The van der Waals surface area contributed by atoms with Gasteiger partial charge in [-0.15, -0.1) is 0 Å². The van der Waals surface area contributed by atoms with Gasteiger partial charge >= 0.3 is 6.09 Å². The first-order valence-electron chi connectivity index (χ1n) is 6.54. The molecule has 1 aromatic heterocycles. The summed E-state index contributed by atoms with van der Waals surface area (Å²) in [6, 6.07) is 6.60. The van der Waals surface area contributed by atoms with Crippen LogP contribution >= 0.6 is 34.2 Å². The summed E-state index contributed by atoms with van der Waals surface area (Å²) in [6.07, 6.45) is -3.54. The predicted molar refractivity (Wildman–Crippen MR) is 94.2 cm³/mol. The Morgan fingerprint density at radius 2 is 2.00 bits per heavy atom. The lowest BCUT2D eigenvalue weighted by atomic mass is 10.0. The van der Waals surface area contributed by atoms with E-state index in [0.717, 1.165) is 12.3 Å². The number of hydrogen-bond donors (Lipinski definition) is 2. The Morgan fingerprint density at radius 3 is 2.44 bits per heavy atom. The van der Waals surface area contributed by atoms with Gasteiger partial charge in [0.2, 0.25) is 0 Å². The number of rotatable bonds is 5. The molecular formula is C14H9ClF2IN3O4. The van der Waals surface area contributed by atoms with E-state index in [1.54, 1.807) is 5.32 Å². The number of aromatic nitrogens is 1. The minimum Gasteiger partial charge on any atom is -0.465 e. The Balaban J connectivity index is 2.39. The molecule has 2 rings (SSSR count). The summed E-state index contributed by atoms with van der Waals surface area (Å²) in [6.45, 7) is 0. The normalized spacial score (nSPS) is 13.3. The largest absolute Gasteiger partial charge is 0.465 e. The van der Waals surface area contributed by atoms with Gasteiger partial charge in [0, 0.05) is 11.6 Å². The summed E-state index contributed by atoms with van der Waals surface area (Å²) in [5.74, 6) is 0. The Hall–Kier alpha value is -2.08. The number of carboxylic acid groups (broad SMARTS) is 1. The lowest BCUT2D eigenvalue weighted by molar-refractivity contribution is -0.385. The third-order valence-corrected chi connectivity index (χ3v) is 4.86. The zero-order valence-corrected chi connectivity index (χ0v) is 15.0. The van der Waals surface area contributed by atoms with Gasteiger partial charge < -0.3 is 5.11 Å². The van der Waals surface area contributed by atoms with Crippen molar-refractivity contribution >= 4 is 46.0 Å². The van der Waals surface area contributed by atoms with Gasteiger partial charge in [-0.2, -0.15) is 0 Å². The highest BCUT2D eigenvalue weighted by Crippen LogP contribution is 2.37. The second kappa shape index (κ2) is 7.44. The number of halogens is 4. The lowest BCUT2D eigenvalue weighted by Crippen LogP contribution is -2.45. The Labute approximate surface area is 158 Å². The van der Waals surface area contributed by atoms with Crippen molar-refractivity contribution < 1.29 is 23.6 Å². The van der Waals surface area contributed by atoms with Crippen molar-refractivity contribution in [3.05, 3.63) is 57.2 Å². The van der Waals surface area contributed by atoms with Crippen LogP contribution in [0.15, 0.2) is 36.5 Å². The van der Waals surface area contributed by atoms with E-state index in [0.29, 0.717) is 5.56 Å². The lowest BCUT2D eigenvalue weighted by Gasteiger charge is -2.27. The molecule has 1 aromatic carbocycles. The number of nitrogens with one attached hydrogen (secondary N) is 1. The number of nitro groups is 1. The average molecular weight is 484 g/mol. The van der Waals surface area contributed by atoms with E-state index >= 15 is 0 Å². The second-order valence-electron chi connectivity index (χ2n) is 4.80. The molecule has 7 nitrogen and oxygen atoms in total. The van der Waals surface area contributed by atoms with Gasteiger partial charge in [-0.1, -0.05) is 35.9 Å². The van der Waals surface area contributed by atoms with E-state index in [1.165, 1.54) is 46.9 Å².